The van der Waals surface area contributed by atoms with Crippen molar-refractivity contribution >= 4 is 16.1 Å². The molecular weight excluding hydrogens is 471 g/mol. The van der Waals surface area contributed by atoms with Crippen molar-refractivity contribution in [3.63, 3.8) is 0 Å². The van der Waals surface area contributed by atoms with Gasteiger partial charge in [0, 0.05) is 19.1 Å². The van der Waals surface area contributed by atoms with E-state index in [2.05, 4.69) is 10.0 Å². The van der Waals surface area contributed by atoms with Gasteiger partial charge in [-0.05, 0) is 63.0 Å². The van der Waals surface area contributed by atoms with E-state index < -0.39 is 33.8 Å². The second kappa shape index (κ2) is 11.3. The predicted octanol–water partition coefficient (Wildman–Crippen LogP) is 3.86. The minimum Gasteiger partial charge on any atom is -0.376 e. The van der Waals surface area contributed by atoms with Gasteiger partial charge >= 0.3 is 12.2 Å². The Bertz CT molecular complexity index is 934. The third kappa shape index (κ3) is 7.32. The zero-order valence-electron chi connectivity index (χ0n) is 19.6. The Morgan fingerprint density at radius 2 is 1.88 bits per heavy atom. The van der Waals surface area contributed by atoms with Crippen molar-refractivity contribution in [3.8, 4) is 0 Å². The van der Waals surface area contributed by atoms with Crippen molar-refractivity contribution in [1.82, 2.24) is 14.9 Å². The first-order valence-electron chi connectivity index (χ1n) is 11.8. The zero-order valence-corrected chi connectivity index (χ0v) is 20.4. The van der Waals surface area contributed by atoms with Gasteiger partial charge in [-0.3, -0.25) is 0 Å². The Labute approximate surface area is 199 Å². The van der Waals surface area contributed by atoms with Crippen molar-refractivity contribution < 1.29 is 31.1 Å². The first-order chi connectivity index (χ1) is 16.0. The van der Waals surface area contributed by atoms with E-state index in [1.807, 2.05) is 6.92 Å². The lowest BCUT2D eigenvalue weighted by Gasteiger charge is -2.42. The van der Waals surface area contributed by atoms with E-state index in [1.165, 1.54) is 12.1 Å². The smallest absolute Gasteiger partial charge is 0.376 e. The minimum atomic E-state index is -4.36. The third-order valence-corrected chi connectivity index (χ3v) is 7.33. The summed E-state index contributed by atoms with van der Waals surface area (Å²) in [6.45, 7) is 3.00. The largest absolute Gasteiger partial charge is 0.416 e. The molecule has 0 radical (unpaired) electrons. The van der Waals surface area contributed by atoms with Crippen LogP contribution in [0.25, 0.3) is 0 Å². The fraction of sp³-hybridized carbons (Fsp3) is 0.696. The number of benzene rings is 1. The summed E-state index contributed by atoms with van der Waals surface area (Å²) in [6, 6.07) is 4.40. The fourth-order valence-corrected chi connectivity index (χ4v) is 5.77. The number of rotatable bonds is 7. The number of nitrogens with one attached hydrogen (secondary N) is 2. The van der Waals surface area contributed by atoms with E-state index >= 15 is 0 Å². The van der Waals surface area contributed by atoms with Crippen LogP contribution in [0.5, 0.6) is 0 Å². The fourth-order valence-electron chi connectivity index (χ4n) is 4.95. The van der Waals surface area contributed by atoms with Gasteiger partial charge < -0.3 is 15.0 Å². The van der Waals surface area contributed by atoms with Gasteiger partial charge in [0.25, 0.3) is 0 Å². The van der Waals surface area contributed by atoms with Crippen LogP contribution in [0.4, 0.5) is 18.0 Å². The second-order valence-electron chi connectivity index (χ2n) is 9.17. The van der Waals surface area contributed by atoms with E-state index in [1.54, 1.807) is 11.0 Å². The number of hydrogen-bond acceptors (Lipinski definition) is 4. The molecule has 2 amide bonds. The van der Waals surface area contributed by atoms with Crippen LogP contribution in [0.1, 0.15) is 62.5 Å². The molecule has 192 valence electrons. The van der Waals surface area contributed by atoms with Crippen molar-refractivity contribution in [2.24, 2.45) is 0 Å². The van der Waals surface area contributed by atoms with Gasteiger partial charge in [0.2, 0.25) is 10.0 Å². The topological polar surface area (TPSA) is 87.7 Å². The van der Waals surface area contributed by atoms with E-state index in [4.69, 9.17) is 4.74 Å². The number of urea groups is 1. The van der Waals surface area contributed by atoms with Crippen LogP contribution in [-0.2, 0) is 20.9 Å². The molecule has 34 heavy (non-hydrogen) atoms. The highest BCUT2D eigenvalue weighted by Crippen LogP contribution is 2.37. The Hall–Kier alpha value is -1.85. The van der Waals surface area contributed by atoms with Gasteiger partial charge in [-0.15, -0.1) is 0 Å². The number of alkyl halides is 3. The number of nitrogens with zero attached hydrogens (tertiary/aromatic N) is 1. The average Bonchev–Trinajstić information content (AvgIpc) is 2.77. The van der Waals surface area contributed by atoms with Crippen LogP contribution in [0.2, 0.25) is 0 Å². The molecule has 1 heterocycles. The maximum atomic E-state index is 13.1. The van der Waals surface area contributed by atoms with Gasteiger partial charge in [0.15, 0.2) is 0 Å². The summed E-state index contributed by atoms with van der Waals surface area (Å²) >= 11 is 0. The molecule has 2 N–H and O–H groups in total. The van der Waals surface area contributed by atoms with E-state index in [0.717, 1.165) is 12.3 Å². The number of amides is 2. The molecule has 7 nitrogen and oxygen atoms in total. The zero-order chi connectivity index (χ0) is 24.9. The highest BCUT2D eigenvalue weighted by atomic mass is 32.2. The Morgan fingerprint density at radius 3 is 2.50 bits per heavy atom. The molecule has 1 saturated carbocycles. The van der Waals surface area contributed by atoms with Gasteiger partial charge in [-0.25, -0.2) is 17.9 Å². The summed E-state index contributed by atoms with van der Waals surface area (Å²) in [6.07, 6.45) is 0.760. The summed E-state index contributed by atoms with van der Waals surface area (Å²) < 4.78 is 71.7. The molecule has 2 aliphatic rings. The second-order valence-corrected chi connectivity index (χ2v) is 10.9. The van der Waals surface area contributed by atoms with Gasteiger partial charge in [-0.2, -0.15) is 13.2 Å². The lowest BCUT2D eigenvalue weighted by Crippen LogP contribution is -2.60. The van der Waals surface area contributed by atoms with E-state index in [9.17, 15) is 26.4 Å². The molecule has 2 fully saturated rings. The van der Waals surface area contributed by atoms with Crippen LogP contribution in [-0.4, -0.2) is 63.5 Å². The number of carbonyl (C=O) groups excluding carboxylic acids is 1. The number of carbonyl (C=O) groups is 1. The summed E-state index contributed by atoms with van der Waals surface area (Å²) in [5, 5.41) is 2.78. The normalized spacial score (nSPS) is 26.3. The molecule has 1 aromatic carbocycles. The molecule has 2 atom stereocenters. The number of piperidine rings is 1. The van der Waals surface area contributed by atoms with Crippen LogP contribution in [0.3, 0.4) is 0 Å². The Morgan fingerprint density at radius 1 is 1.18 bits per heavy atom. The standard InChI is InChI=1S/C23H34F3N3O4S/c1-3-27-22(30)29-13-5-8-20(28-34(2,31)32)21(29)15-33-19-11-9-16(10-12-19)17-6-4-7-18(14-17)23(24,25)26/h4,6-7,14,16,19-21,28H,3,5,8-13,15H2,1-2H3,(H,27,30)/t16-,19+,20-,21-/m0/s1. The molecule has 0 aromatic heterocycles. The van der Waals surface area contributed by atoms with Crippen LogP contribution >= 0.6 is 0 Å². The van der Waals surface area contributed by atoms with Crippen molar-refractivity contribution in [2.75, 3.05) is 26.0 Å². The van der Waals surface area contributed by atoms with Crippen LogP contribution in [0, 0.1) is 0 Å². The number of likely N-dealkylation sites (tertiary alicyclic amines) is 1. The van der Waals surface area contributed by atoms with Gasteiger partial charge in [0.05, 0.1) is 30.6 Å². The lowest BCUT2D eigenvalue weighted by molar-refractivity contribution is -0.137. The van der Waals surface area contributed by atoms with Crippen molar-refractivity contribution in [2.45, 2.75) is 75.7 Å². The minimum absolute atomic E-state index is 0.0447. The molecule has 1 saturated heterocycles. The molecule has 0 bridgehead atoms. The quantitative estimate of drug-likeness (QED) is 0.589. The monoisotopic (exact) mass is 505 g/mol. The number of halogens is 3. The highest BCUT2D eigenvalue weighted by Gasteiger charge is 2.37. The summed E-state index contributed by atoms with van der Waals surface area (Å²) in [4.78, 5) is 14.2. The number of sulfonamides is 1. The molecule has 0 spiro atoms. The number of hydrogen-bond donors (Lipinski definition) is 2. The molecule has 1 aromatic rings. The molecule has 1 aliphatic heterocycles. The maximum Gasteiger partial charge on any atom is 0.416 e. The summed E-state index contributed by atoms with van der Waals surface area (Å²) in [5.74, 6) is 0.0447. The van der Waals surface area contributed by atoms with Crippen molar-refractivity contribution in [3.05, 3.63) is 35.4 Å². The summed E-state index contributed by atoms with van der Waals surface area (Å²) in [7, 11) is -3.46. The molecule has 1 aliphatic carbocycles. The molecule has 11 heteroatoms. The first-order valence-corrected chi connectivity index (χ1v) is 13.7. The highest BCUT2D eigenvalue weighted by molar-refractivity contribution is 7.88. The molecular formula is C23H34F3N3O4S. The Kier molecular flexibility index (Phi) is 8.86. The summed E-state index contributed by atoms with van der Waals surface area (Å²) in [5.41, 5.74) is 0.0657. The predicted molar refractivity (Wildman–Crippen MR) is 123 cm³/mol. The Balaban J connectivity index is 1.61. The lowest BCUT2D eigenvalue weighted by atomic mass is 9.82. The number of ether oxygens (including phenoxy) is 1. The van der Waals surface area contributed by atoms with E-state index in [-0.39, 0.29) is 24.7 Å². The average molecular weight is 506 g/mol. The molecule has 3 rings (SSSR count). The third-order valence-electron chi connectivity index (χ3n) is 6.60. The van der Waals surface area contributed by atoms with Crippen LogP contribution in [0.15, 0.2) is 24.3 Å². The van der Waals surface area contributed by atoms with Gasteiger partial charge in [0.1, 0.15) is 0 Å². The van der Waals surface area contributed by atoms with Gasteiger partial charge in [-0.1, -0.05) is 18.2 Å². The first kappa shape index (κ1) is 26.7. The SMILES string of the molecule is CCNC(=O)N1CCC[C@H](NS(C)(=O)=O)[C@@H]1CO[C@H]1CC[C@@H](c2cccc(C(F)(F)F)c2)CC1. The maximum absolute atomic E-state index is 13.1. The molecule has 0 unspecified atom stereocenters. The van der Waals surface area contributed by atoms with E-state index in [0.29, 0.717) is 57.2 Å². The van der Waals surface area contributed by atoms with Crippen molar-refractivity contribution in [1.29, 1.82) is 0 Å². The van der Waals surface area contributed by atoms with Crippen LogP contribution < -0.4 is 10.0 Å².